The number of halogens is 5. The first-order chi connectivity index (χ1) is 11.6. The lowest BCUT2D eigenvalue weighted by atomic mass is 10.2. The van der Waals surface area contributed by atoms with E-state index >= 15 is 0 Å². The lowest BCUT2D eigenvalue weighted by Crippen LogP contribution is -2.21. The molecule has 0 aliphatic heterocycles. The molecule has 0 bridgehead atoms. The van der Waals surface area contributed by atoms with Gasteiger partial charge in [0.1, 0.15) is 0 Å². The van der Waals surface area contributed by atoms with Gasteiger partial charge in [0.25, 0.3) is 11.7 Å². The van der Waals surface area contributed by atoms with Gasteiger partial charge < -0.3 is 4.74 Å². The van der Waals surface area contributed by atoms with Crippen LogP contribution in [0.2, 0.25) is 0 Å². The molecule has 0 aliphatic rings. The quantitative estimate of drug-likeness (QED) is 0.669. The monoisotopic (exact) mass is 359 g/mol. The van der Waals surface area contributed by atoms with Gasteiger partial charge in [-0.15, -0.1) is 10.2 Å². The van der Waals surface area contributed by atoms with E-state index in [0.717, 1.165) is 0 Å². The van der Waals surface area contributed by atoms with Gasteiger partial charge in [-0.3, -0.25) is 0 Å². The highest BCUT2D eigenvalue weighted by Gasteiger charge is 2.37. The summed E-state index contributed by atoms with van der Waals surface area (Å²) < 4.78 is 69.5. The van der Waals surface area contributed by atoms with Crippen molar-refractivity contribution in [2.45, 2.75) is 19.0 Å². The molecule has 11 heteroatoms. The van der Waals surface area contributed by atoms with Gasteiger partial charge in [0, 0.05) is 24.8 Å². The molecule has 0 atom stereocenters. The summed E-state index contributed by atoms with van der Waals surface area (Å²) in [5, 5.41) is 10.3. The Labute approximate surface area is 137 Å². The highest BCUT2D eigenvalue weighted by atomic mass is 19.4. The first kappa shape index (κ1) is 17.0. The smallest absolute Gasteiger partial charge is 0.453 e. The predicted molar refractivity (Wildman–Crippen MR) is 75.1 cm³/mol. The van der Waals surface area contributed by atoms with Crippen molar-refractivity contribution in [3.63, 3.8) is 0 Å². The second-order valence-corrected chi connectivity index (χ2v) is 5.25. The average molecular weight is 359 g/mol. The van der Waals surface area contributed by atoms with Crippen molar-refractivity contribution in [1.82, 2.24) is 24.8 Å². The number of ether oxygens (including phenoxy) is 1. The van der Waals surface area contributed by atoms with E-state index in [2.05, 4.69) is 20.3 Å². The van der Waals surface area contributed by atoms with Crippen LogP contribution in [0.25, 0.3) is 16.9 Å². The Balaban J connectivity index is 1.89. The van der Waals surface area contributed by atoms with Crippen LogP contribution in [-0.2, 0) is 6.18 Å². The lowest BCUT2D eigenvalue weighted by molar-refractivity contribution is -0.146. The van der Waals surface area contributed by atoms with E-state index in [1.54, 1.807) is 0 Å². The second kappa shape index (κ2) is 5.90. The van der Waals surface area contributed by atoms with E-state index in [-0.39, 0.29) is 17.2 Å². The molecule has 0 fully saturated rings. The van der Waals surface area contributed by atoms with Crippen molar-refractivity contribution in [3.05, 3.63) is 36.3 Å². The topological polar surface area (TPSA) is 65.2 Å². The van der Waals surface area contributed by atoms with E-state index < -0.39 is 24.5 Å². The molecule has 6 nitrogen and oxygen atoms in total. The lowest BCUT2D eigenvalue weighted by Gasteiger charge is -2.11. The Morgan fingerprint density at radius 2 is 1.80 bits per heavy atom. The van der Waals surface area contributed by atoms with Crippen LogP contribution in [0.4, 0.5) is 22.0 Å². The maximum absolute atomic E-state index is 12.9. The van der Waals surface area contributed by atoms with Crippen molar-refractivity contribution >= 4 is 5.65 Å². The third kappa shape index (κ3) is 3.80. The molecule has 3 aromatic rings. The molecule has 3 heterocycles. The summed E-state index contributed by atoms with van der Waals surface area (Å²) in [6.45, 7) is -0.128. The van der Waals surface area contributed by atoms with Gasteiger partial charge in [-0.2, -0.15) is 22.8 Å². The molecule has 0 unspecified atom stereocenters. The number of hydrogen-bond donors (Lipinski definition) is 0. The number of alkyl halides is 5. The van der Waals surface area contributed by atoms with Crippen LogP contribution < -0.4 is 4.74 Å². The van der Waals surface area contributed by atoms with Gasteiger partial charge in [-0.25, -0.2) is 13.8 Å². The van der Waals surface area contributed by atoms with Gasteiger partial charge in [0.2, 0.25) is 5.88 Å². The number of nitrogens with zero attached hydrogens (tertiary/aromatic N) is 5. The number of aromatic nitrogens is 5. The summed E-state index contributed by atoms with van der Waals surface area (Å²) in [6, 6.07) is 5.54. The van der Waals surface area contributed by atoms with Crippen LogP contribution in [0.5, 0.6) is 5.88 Å². The number of fused-ring (bicyclic) bond motifs is 1. The van der Waals surface area contributed by atoms with Crippen LogP contribution in [0, 0.1) is 0 Å². The molecule has 0 saturated heterocycles. The number of rotatable bonds is 4. The molecule has 0 amide bonds. The van der Waals surface area contributed by atoms with E-state index in [0.29, 0.717) is 17.0 Å². The van der Waals surface area contributed by atoms with Crippen LogP contribution >= 0.6 is 0 Å². The summed E-state index contributed by atoms with van der Waals surface area (Å²) in [6.07, 6.45) is -3.44. The number of pyridine rings is 1. The Morgan fingerprint density at radius 1 is 1.04 bits per heavy atom. The Bertz CT molecular complexity index is 885. The van der Waals surface area contributed by atoms with Gasteiger partial charge in [0.05, 0.1) is 5.69 Å². The zero-order valence-corrected chi connectivity index (χ0v) is 12.6. The number of hydrogen-bond acceptors (Lipinski definition) is 5. The van der Waals surface area contributed by atoms with E-state index in [1.807, 2.05) is 0 Å². The predicted octanol–water partition coefficient (Wildman–Crippen LogP) is 3.24. The summed E-state index contributed by atoms with van der Waals surface area (Å²) in [5.41, 5.74) is 0.492. The third-order valence-corrected chi connectivity index (χ3v) is 3.02. The normalized spacial score (nSPS) is 12.6. The van der Waals surface area contributed by atoms with Crippen LogP contribution in [-0.4, -0.2) is 37.3 Å². The maximum atomic E-state index is 12.9. The van der Waals surface area contributed by atoms with Crippen molar-refractivity contribution in [1.29, 1.82) is 0 Å². The summed E-state index contributed by atoms with van der Waals surface area (Å²) in [5.74, 6) is -4.29. The fraction of sp³-hybridized carbons (Fsp3) is 0.286. The second-order valence-electron chi connectivity index (χ2n) is 5.25. The molecule has 0 aliphatic carbocycles. The molecule has 0 spiro atoms. The Morgan fingerprint density at radius 3 is 2.40 bits per heavy atom. The van der Waals surface area contributed by atoms with Crippen molar-refractivity contribution < 1.29 is 26.7 Å². The molecule has 0 saturated carbocycles. The highest BCUT2D eigenvalue weighted by molar-refractivity contribution is 5.59. The molecule has 0 radical (unpaired) electrons. The molecular formula is C14H10F5N5O. The SMILES string of the molecule is CC(F)(F)COc1ccc(-c2ccc3nnc(C(F)(F)F)n3n2)cn1. The zero-order valence-electron chi connectivity index (χ0n) is 12.6. The molecule has 25 heavy (non-hydrogen) atoms. The molecule has 132 valence electrons. The van der Waals surface area contributed by atoms with Crippen molar-refractivity contribution in [2.75, 3.05) is 6.61 Å². The van der Waals surface area contributed by atoms with Gasteiger partial charge in [0.15, 0.2) is 12.3 Å². The van der Waals surface area contributed by atoms with Crippen molar-refractivity contribution in [2.24, 2.45) is 0 Å². The zero-order chi connectivity index (χ0) is 18.2. The summed E-state index contributed by atoms with van der Waals surface area (Å²) in [4.78, 5) is 3.84. The first-order valence-corrected chi connectivity index (χ1v) is 6.90. The fourth-order valence-corrected chi connectivity index (χ4v) is 1.94. The molecule has 0 N–H and O–H groups in total. The van der Waals surface area contributed by atoms with Gasteiger partial charge >= 0.3 is 6.18 Å². The Hall–Kier alpha value is -2.85. The van der Waals surface area contributed by atoms with Crippen molar-refractivity contribution in [3.8, 4) is 17.1 Å². The molecular weight excluding hydrogens is 349 g/mol. The Kier molecular flexibility index (Phi) is 4.01. The van der Waals surface area contributed by atoms with Crippen LogP contribution in [0.3, 0.4) is 0 Å². The highest BCUT2D eigenvalue weighted by Crippen LogP contribution is 2.28. The minimum absolute atomic E-state index is 0.0355. The average Bonchev–Trinajstić information content (AvgIpc) is 2.96. The molecule has 3 rings (SSSR count). The fourth-order valence-electron chi connectivity index (χ4n) is 1.94. The third-order valence-electron chi connectivity index (χ3n) is 3.02. The molecule has 3 aromatic heterocycles. The minimum Gasteiger partial charge on any atom is -0.471 e. The van der Waals surface area contributed by atoms with Gasteiger partial charge in [-0.1, -0.05) is 0 Å². The summed E-state index contributed by atoms with van der Waals surface area (Å²) >= 11 is 0. The first-order valence-electron chi connectivity index (χ1n) is 6.90. The van der Waals surface area contributed by atoms with Gasteiger partial charge in [-0.05, 0) is 18.2 Å². The van der Waals surface area contributed by atoms with Crippen LogP contribution in [0.15, 0.2) is 30.5 Å². The standard InChI is InChI=1S/C14H10F5N5O/c1-13(15,16)7-25-11-5-2-8(6-20-11)9-3-4-10-21-22-12(14(17,18)19)24(10)23-9/h2-6H,7H2,1H3. The largest absolute Gasteiger partial charge is 0.471 e. The van der Waals surface area contributed by atoms with E-state index in [1.165, 1.54) is 30.5 Å². The van der Waals surface area contributed by atoms with E-state index in [9.17, 15) is 22.0 Å². The maximum Gasteiger partial charge on any atom is 0.453 e. The van der Waals surface area contributed by atoms with E-state index in [4.69, 9.17) is 4.74 Å². The minimum atomic E-state index is -4.70. The van der Waals surface area contributed by atoms with Crippen LogP contribution in [0.1, 0.15) is 12.7 Å². The summed E-state index contributed by atoms with van der Waals surface area (Å²) in [7, 11) is 0. The molecule has 0 aromatic carbocycles.